The summed E-state index contributed by atoms with van der Waals surface area (Å²) in [5.74, 6) is 0.0534. The first-order chi connectivity index (χ1) is 12.6. The Bertz CT molecular complexity index is 686. The number of rotatable bonds is 7. The molecule has 0 saturated carbocycles. The molecule has 1 fully saturated rings. The normalized spacial score (nSPS) is 15.9. The number of halogens is 1. The molecule has 1 N–H and O–H groups in total. The zero-order chi connectivity index (χ0) is 20.2. The third kappa shape index (κ3) is 6.17. The lowest BCUT2D eigenvalue weighted by Crippen LogP contribution is -2.45. The van der Waals surface area contributed by atoms with Crippen molar-refractivity contribution in [1.82, 2.24) is 10.2 Å². The summed E-state index contributed by atoms with van der Waals surface area (Å²) in [5, 5.41) is 14.4. The number of nitro benzene ring substituents is 1. The van der Waals surface area contributed by atoms with Gasteiger partial charge in [-0.2, -0.15) is 0 Å². The van der Waals surface area contributed by atoms with Gasteiger partial charge in [-0.25, -0.2) is 0 Å². The molecule has 0 radical (unpaired) electrons. The Morgan fingerprint density at radius 2 is 2.00 bits per heavy atom. The van der Waals surface area contributed by atoms with Crippen LogP contribution in [-0.4, -0.2) is 56.0 Å². The molecule has 1 aromatic carbocycles. The Balaban J connectivity index is 1.92. The first-order valence-electron chi connectivity index (χ1n) is 9.20. The second kappa shape index (κ2) is 9.01. The molecule has 1 aliphatic heterocycles. The molecular weight excluding hydrogens is 412 g/mol. The van der Waals surface area contributed by atoms with E-state index in [0.29, 0.717) is 42.6 Å². The summed E-state index contributed by atoms with van der Waals surface area (Å²) in [6.07, 6.45) is 1.40. The predicted octanol–water partition coefficient (Wildman–Crippen LogP) is 3.28. The smallest absolute Gasteiger partial charge is 0.293 e. The lowest BCUT2D eigenvalue weighted by Gasteiger charge is -2.34. The van der Waals surface area contributed by atoms with Crippen molar-refractivity contribution in [1.29, 1.82) is 0 Å². The van der Waals surface area contributed by atoms with Crippen LogP contribution < -0.4 is 10.2 Å². The van der Waals surface area contributed by atoms with Gasteiger partial charge < -0.3 is 15.1 Å². The highest BCUT2D eigenvalue weighted by atomic mass is 79.9. The van der Waals surface area contributed by atoms with E-state index in [4.69, 9.17) is 0 Å². The number of hydrogen-bond donors (Lipinski definition) is 1. The molecule has 8 heteroatoms. The number of benzene rings is 1. The standard InChI is InChI=1S/C19H29BrN4O3/c1-19(2,13-22(3)4)12-21-18(25)14-7-9-23(10-8-14)16-6-5-15(20)11-17(16)24(26)27/h5-6,11,14H,7-10,12-13H2,1-4H3,(H,21,25). The fraction of sp³-hybridized carbons (Fsp3) is 0.632. The number of anilines is 1. The molecule has 150 valence electrons. The molecule has 0 aromatic heterocycles. The van der Waals surface area contributed by atoms with Crippen LogP contribution in [0.1, 0.15) is 26.7 Å². The maximum Gasteiger partial charge on any atom is 0.293 e. The first-order valence-corrected chi connectivity index (χ1v) is 10.00. The van der Waals surface area contributed by atoms with Crippen LogP contribution in [-0.2, 0) is 4.79 Å². The highest BCUT2D eigenvalue weighted by Crippen LogP contribution is 2.33. The fourth-order valence-electron chi connectivity index (χ4n) is 3.68. The Morgan fingerprint density at radius 3 is 2.56 bits per heavy atom. The van der Waals surface area contributed by atoms with Crippen LogP contribution in [0.3, 0.4) is 0 Å². The van der Waals surface area contributed by atoms with Gasteiger partial charge in [-0.15, -0.1) is 0 Å². The molecule has 1 saturated heterocycles. The molecule has 27 heavy (non-hydrogen) atoms. The minimum absolute atomic E-state index is 0.0118. The van der Waals surface area contributed by atoms with E-state index in [1.54, 1.807) is 6.07 Å². The van der Waals surface area contributed by atoms with Gasteiger partial charge in [0, 0.05) is 42.6 Å². The van der Waals surface area contributed by atoms with Crippen molar-refractivity contribution in [2.45, 2.75) is 26.7 Å². The summed E-state index contributed by atoms with van der Waals surface area (Å²) in [4.78, 5) is 27.6. The number of piperidine rings is 1. The van der Waals surface area contributed by atoms with Crippen LogP contribution in [0, 0.1) is 21.4 Å². The largest absolute Gasteiger partial charge is 0.366 e. The van der Waals surface area contributed by atoms with E-state index >= 15 is 0 Å². The summed E-state index contributed by atoms with van der Waals surface area (Å²) >= 11 is 3.29. The quantitative estimate of drug-likeness (QED) is 0.519. The van der Waals surface area contributed by atoms with Gasteiger partial charge in [0.05, 0.1) is 4.92 Å². The van der Waals surface area contributed by atoms with Gasteiger partial charge in [0.2, 0.25) is 5.91 Å². The van der Waals surface area contributed by atoms with Crippen molar-refractivity contribution in [2.75, 3.05) is 45.2 Å². The van der Waals surface area contributed by atoms with Gasteiger partial charge in [-0.05, 0) is 44.5 Å². The molecule has 2 rings (SSSR count). The Kier molecular flexibility index (Phi) is 7.22. The average Bonchev–Trinajstić information content (AvgIpc) is 2.58. The van der Waals surface area contributed by atoms with Crippen LogP contribution in [0.15, 0.2) is 22.7 Å². The number of amides is 1. The number of nitro groups is 1. The van der Waals surface area contributed by atoms with Crippen LogP contribution in [0.4, 0.5) is 11.4 Å². The van der Waals surface area contributed by atoms with E-state index in [1.807, 2.05) is 25.1 Å². The summed E-state index contributed by atoms with van der Waals surface area (Å²) in [6.45, 7) is 7.11. The minimum atomic E-state index is -0.355. The molecule has 7 nitrogen and oxygen atoms in total. The SMILES string of the molecule is CN(C)CC(C)(C)CNC(=O)C1CCN(c2ccc(Br)cc2[N+](=O)[O-])CC1. The number of nitrogens with zero attached hydrogens (tertiary/aromatic N) is 3. The maximum absolute atomic E-state index is 12.5. The van der Waals surface area contributed by atoms with Crippen LogP contribution in [0.2, 0.25) is 0 Å². The van der Waals surface area contributed by atoms with Crippen molar-refractivity contribution in [2.24, 2.45) is 11.3 Å². The summed E-state index contributed by atoms with van der Waals surface area (Å²) in [6, 6.07) is 5.11. The molecule has 0 aliphatic carbocycles. The average molecular weight is 441 g/mol. The molecular formula is C19H29BrN4O3. The first kappa shape index (κ1) is 21.6. The van der Waals surface area contributed by atoms with Gasteiger partial charge in [0.25, 0.3) is 5.69 Å². The predicted molar refractivity (Wildman–Crippen MR) is 111 cm³/mol. The molecule has 0 spiro atoms. The zero-order valence-electron chi connectivity index (χ0n) is 16.5. The van der Waals surface area contributed by atoms with Crippen LogP contribution in [0.5, 0.6) is 0 Å². The number of carbonyl (C=O) groups excluding carboxylic acids is 1. The van der Waals surface area contributed by atoms with Crippen molar-refractivity contribution in [3.8, 4) is 0 Å². The molecule has 1 aliphatic rings. The van der Waals surface area contributed by atoms with Crippen LogP contribution in [0.25, 0.3) is 0 Å². The number of hydrogen-bond acceptors (Lipinski definition) is 5. The van der Waals surface area contributed by atoms with Gasteiger partial charge in [0.1, 0.15) is 5.69 Å². The summed E-state index contributed by atoms with van der Waals surface area (Å²) in [5.41, 5.74) is 0.727. The van der Waals surface area contributed by atoms with Crippen LogP contribution >= 0.6 is 15.9 Å². The zero-order valence-corrected chi connectivity index (χ0v) is 18.1. The third-order valence-electron chi connectivity index (χ3n) is 4.83. The number of carbonyl (C=O) groups is 1. The lowest BCUT2D eigenvalue weighted by atomic mass is 9.91. The van der Waals surface area contributed by atoms with E-state index in [-0.39, 0.29) is 27.9 Å². The molecule has 0 bridgehead atoms. The topological polar surface area (TPSA) is 78.7 Å². The summed E-state index contributed by atoms with van der Waals surface area (Å²) in [7, 11) is 4.06. The minimum Gasteiger partial charge on any atom is -0.366 e. The summed E-state index contributed by atoms with van der Waals surface area (Å²) < 4.78 is 0.688. The van der Waals surface area contributed by atoms with Gasteiger partial charge >= 0.3 is 0 Å². The molecule has 0 unspecified atom stereocenters. The molecule has 1 heterocycles. The monoisotopic (exact) mass is 440 g/mol. The molecule has 1 aromatic rings. The second-order valence-corrected chi connectivity index (χ2v) is 9.19. The molecule has 1 amide bonds. The van der Waals surface area contributed by atoms with Crippen molar-refractivity contribution < 1.29 is 9.72 Å². The van der Waals surface area contributed by atoms with E-state index in [1.165, 1.54) is 6.07 Å². The van der Waals surface area contributed by atoms with Gasteiger partial charge in [-0.3, -0.25) is 14.9 Å². The van der Waals surface area contributed by atoms with E-state index in [0.717, 1.165) is 6.54 Å². The highest BCUT2D eigenvalue weighted by Gasteiger charge is 2.29. The van der Waals surface area contributed by atoms with Gasteiger partial charge in [0.15, 0.2) is 0 Å². The van der Waals surface area contributed by atoms with E-state index in [9.17, 15) is 14.9 Å². The highest BCUT2D eigenvalue weighted by molar-refractivity contribution is 9.10. The van der Waals surface area contributed by atoms with Crippen molar-refractivity contribution in [3.05, 3.63) is 32.8 Å². The van der Waals surface area contributed by atoms with E-state index in [2.05, 4.69) is 40.0 Å². The Morgan fingerprint density at radius 1 is 1.37 bits per heavy atom. The fourth-order valence-corrected chi connectivity index (χ4v) is 4.02. The maximum atomic E-state index is 12.5. The van der Waals surface area contributed by atoms with E-state index < -0.39 is 0 Å². The third-order valence-corrected chi connectivity index (χ3v) is 5.32. The second-order valence-electron chi connectivity index (χ2n) is 8.27. The molecule has 0 atom stereocenters. The lowest BCUT2D eigenvalue weighted by molar-refractivity contribution is -0.384. The van der Waals surface area contributed by atoms with Crippen molar-refractivity contribution in [3.63, 3.8) is 0 Å². The number of nitrogens with one attached hydrogen (secondary N) is 1. The Labute approximate surface area is 169 Å². The Hall–Kier alpha value is -1.67. The van der Waals surface area contributed by atoms with Crippen molar-refractivity contribution >= 4 is 33.2 Å². The van der Waals surface area contributed by atoms with Gasteiger partial charge in [-0.1, -0.05) is 29.8 Å².